The van der Waals surface area contributed by atoms with Crippen LogP contribution in [0.15, 0.2) is 12.7 Å². The van der Waals surface area contributed by atoms with Crippen molar-refractivity contribution in [3.05, 3.63) is 12.7 Å². The van der Waals surface area contributed by atoms with Gasteiger partial charge in [0.25, 0.3) is 0 Å². The topological polar surface area (TPSA) is 116 Å². The number of carboxylic acids is 2. The molecule has 0 spiro atoms. The summed E-state index contributed by atoms with van der Waals surface area (Å²) in [4.78, 5) is 32.6. The lowest BCUT2D eigenvalue weighted by molar-refractivity contribution is -0.154. The second kappa shape index (κ2) is 6.51. The average molecular weight is 244 g/mol. The number of carbonyl (C=O) groups is 3. The summed E-state index contributed by atoms with van der Waals surface area (Å²) in [5.74, 6) is -2.51. The summed E-state index contributed by atoms with van der Waals surface area (Å²) >= 11 is 0. The maximum atomic E-state index is 11.1. The summed E-state index contributed by atoms with van der Waals surface area (Å²) in [5, 5.41) is 22.2. The number of rotatable bonds is 7. The molecule has 0 aliphatic rings. The minimum Gasteiger partial charge on any atom is -0.481 e. The first kappa shape index (κ1) is 14.9. The average Bonchev–Trinajstić information content (AvgIpc) is 2.22. The fourth-order valence-corrected chi connectivity index (χ4v) is 1.05. The first-order chi connectivity index (χ1) is 7.81. The van der Waals surface area contributed by atoms with Gasteiger partial charge in [-0.1, -0.05) is 6.08 Å². The van der Waals surface area contributed by atoms with Gasteiger partial charge in [-0.25, -0.2) is 4.79 Å². The van der Waals surface area contributed by atoms with Crippen molar-refractivity contribution in [1.82, 2.24) is 10.6 Å². The van der Waals surface area contributed by atoms with Crippen LogP contribution >= 0.6 is 0 Å². The Kier molecular flexibility index (Phi) is 5.73. The summed E-state index contributed by atoms with van der Waals surface area (Å²) in [6.45, 7) is 4.63. The summed E-state index contributed by atoms with van der Waals surface area (Å²) in [7, 11) is 0. The molecule has 17 heavy (non-hydrogen) atoms. The van der Waals surface area contributed by atoms with Crippen LogP contribution in [0.1, 0.15) is 13.3 Å². The van der Waals surface area contributed by atoms with Gasteiger partial charge in [0.15, 0.2) is 0 Å². The molecule has 0 aromatic carbocycles. The molecule has 0 saturated carbocycles. The Morgan fingerprint density at radius 3 is 2.29 bits per heavy atom. The Balaban J connectivity index is 4.36. The van der Waals surface area contributed by atoms with E-state index in [1.165, 1.54) is 13.0 Å². The molecule has 7 heteroatoms. The predicted molar refractivity (Wildman–Crippen MR) is 59.6 cm³/mol. The number of hydrogen-bond acceptors (Lipinski definition) is 3. The van der Waals surface area contributed by atoms with Crippen LogP contribution in [0.3, 0.4) is 0 Å². The monoisotopic (exact) mass is 244 g/mol. The predicted octanol–water partition coefficient (Wildman–Crippen LogP) is 0.0372. The molecule has 2 amide bonds. The molecule has 1 atom stereocenters. The lowest BCUT2D eigenvalue weighted by Gasteiger charge is -2.22. The highest BCUT2D eigenvalue weighted by Crippen LogP contribution is 2.20. The van der Waals surface area contributed by atoms with Crippen molar-refractivity contribution < 1.29 is 24.6 Å². The first-order valence-corrected chi connectivity index (χ1v) is 4.89. The van der Waals surface area contributed by atoms with Crippen molar-refractivity contribution in [3.8, 4) is 0 Å². The highest BCUT2D eigenvalue weighted by atomic mass is 16.4. The molecule has 7 nitrogen and oxygen atoms in total. The molecule has 0 radical (unpaired) electrons. The van der Waals surface area contributed by atoms with Crippen LogP contribution in [0, 0.1) is 5.41 Å². The molecule has 0 heterocycles. The van der Waals surface area contributed by atoms with Gasteiger partial charge in [0, 0.05) is 13.1 Å². The molecular weight excluding hydrogens is 228 g/mol. The first-order valence-electron chi connectivity index (χ1n) is 4.89. The lowest BCUT2D eigenvalue weighted by Crippen LogP contribution is -2.45. The number of carbonyl (C=O) groups excluding carboxylic acids is 1. The van der Waals surface area contributed by atoms with Crippen LogP contribution < -0.4 is 10.6 Å². The molecule has 0 saturated heterocycles. The fraction of sp³-hybridized carbons (Fsp3) is 0.500. The molecule has 0 aromatic heterocycles. The molecular formula is C10H16N2O5. The number of amides is 2. The van der Waals surface area contributed by atoms with Crippen LogP contribution in [-0.2, 0) is 9.59 Å². The number of aliphatic carboxylic acids is 2. The minimum atomic E-state index is -1.53. The van der Waals surface area contributed by atoms with Gasteiger partial charge >= 0.3 is 18.0 Å². The van der Waals surface area contributed by atoms with E-state index in [0.717, 1.165) is 0 Å². The highest BCUT2D eigenvalue weighted by molar-refractivity contribution is 5.82. The van der Waals surface area contributed by atoms with Gasteiger partial charge in [0.2, 0.25) is 0 Å². The van der Waals surface area contributed by atoms with Gasteiger partial charge in [-0.2, -0.15) is 0 Å². The zero-order valence-electron chi connectivity index (χ0n) is 9.52. The molecule has 0 aliphatic carbocycles. The summed E-state index contributed by atoms with van der Waals surface area (Å²) in [6, 6.07) is -0.567. The van der Waals surface area contributed by atoms with E-state index in [0.29, 0.717) is 0 Å². The van der Waals surface area contributed by atoms with Crippen molar-refractivity contribution >= 4 is 18.0 Å². The van der Waals surface area contributed by atoms with Crippen LogP contribution in [-0.4, -0.2) is 41.3 Å². The van der Waals surface area contributed by atoms with Crippen LogP contribution in [0.25, 0.3) is 0 Å². The molecule has 0 rings (SSSR count). The third-order valence-corrected chi connectivity index (χ3v) is 2.10. The van der Waals surface area contributed by atoms with Gasteiger partial charge in [-0.05, 0) is 6.92 Å². The Bertz CT molecular complexity index is 329. The van der Waals surface area contributed by atoms with E-state index >= 15 is 0 Å². The van der Waals surface area contributed by atoms with E-state index in [9.17, 15) is 14.4 Å². The number of hydrogen-bond donors (Lipinski definition) is 4. The maximum absolute atomic E-state index is 11.1. The van der Waals surface area contributed by atoms with Crippen molar-refractivity contribution in [2.75, 3.05) is 13.1 Å². The highest BCUT2D eigenvalue weighted by Gasteiger charge is 2.36. The van der Waals surface area contributed by atoms with Gasteiger partial charge < -0.3 is 20.8 Å². The van der Waals surface area contributed by atoms with E-state index in [1.54, 1.807) is 0 Å². The van der Waals surface area contributed by atoms with Gasteiger partial charge in [0.05, 0.1) is 11.8 Å². The third-order valence-electron chi connectivity index (χ3n) is 2.10. The van der Waals surface area contributed by atoms with E-state index in [1.807, 2.05) is 0 Å². The van der Waals surface area contributed by atoms with Crippen molar-refractivity contribution in [2.45, 2.75) is 13.3 Å². The van der Waals surface area contributed by atoms with Crippen LogP contribution in [0.4, 0.5) is 4.79 Å². The number of urea groups is 1. The Morgan fingerprint density at radius 2 is 1.88 bits per heavy atom. The van der Waals surface area contributed by atoms with Crippen molar-refractivity contribution in [1.29, 1.82) is 0 Å². The third kappa shape index (κ3) is 5.55. The molecule has 1 unspecified atom stereocenters. The van der Waals surface area contributed by atoms with Crippen molar-refractivity contribution in [2.24, 2.45) is 5.41 Å². The zero-order valence-corrected chi connectivity index (χ0v) is 9.52. The Hall–Kier alpha value is -2.05. The summed E-state index contributed by atoms with van der Waals surface area (Å²) < 4.78 is 0. The van der Waals surface area contributed by atoms with Gasteiger partial charge in [0.1, 0.15) is 0 Å². The Morgan fingerprint density at radius 1 is 1.29 bits per heavy atom. The Labute approximate surface area is 98.5 Å². The molecule has 0 aliphatic heterocycles. The van der Waals surface area contributed by atoms with Crippen LogP contribution in [0.5, 0.6) is 0 Å². The second-order valence-corrected chi connectivity index (χ2v) is 3.79. The van der Waals surface area contributed by atoms with Crippen LogP contribution in [0.2, 0.25) is 0 Å². The zero-order chi connectivity index (χ0) is 13.5. The fourth-order valence-electron chi connectivity index (χ4n) is 1.05. The minimum absolute atomic E-state index is 0.245. The quantitative estimate of drug-likeness (QED) is 0.472. The number of carboxylic acid groups (broad SMARTS) is 2. The molecule has 0 fully saturated rings. The lowest BCUT2D eigenvalue weighted by atomic mass is 9.87. The van der Waals surface area contributed by atoms with E-state index < -0.39 is 29.8 Å². The second-order valence-electron chi connectivity index (χ2n) is 3.79. The van der Waals surface area contributed by atoms with Gasteiger partial charge in [-0.3, -0.25) is 9.59 Å². The normalized spacial score (nSPS) is 13.2. The van der Waals surface area contributed by atoms with Gasteiger partial charge in [-0.15, -0.1) is 6.58 Å². The molecule has 96 valence electrons. The van der Waals surface area contributed by atoms with E-state index in [4.69, 9.17) is 10.2 Å². The smallest absolute Gasteiger partial charge is 0.315 e. The maximum Gasteiger partial charge on any atom is 0.315 e. The standard InChI is InChI=1S/C10H16N2O5/c1-3-4-11-9(17)12-6-10(2,8(15)16)5-7(13)14/h3H,1,4-6H2,2H3,(H,13,14)(H,15,16)(H2,11,12,17). The summed E-state index contributed by atoms with van der Waals surface area (Å²) in [5.41, 5.74) is -1.53. The largest absolute Gasteiger partial charge is 0.481 e. The molecule has 4 N–H and O–H groups in total. The summed E-state index contributed by atoms with van der Waals surface area (Å²) in [6.07, 6.45) is 0.900. The van der Waals surface area contributed by atoms with Crippen molar-refractivity contribution in [3.63, 3.8) is 0 Å². The SMILES string of the molecule is C=CCNC(=O)NCC(C)(CC(=O)O)C(=O)O. The van der Waals surface area contributed by atoms with E-state index in [-0.39, 0.29) is 13.1 Å². The number of nitrogens with one attached hydrogen (secondary N) is 2. The molecule has 0 bridgehead atoms. The molecule has 0 aromatic rings. The van der Waals surface area contributed by atoms with E-state index in [2.05, 4.69) is 17.2 Å².